The first-order valence-corrected chi connectivity index (χ1v) is 9.66. The molecule has 0 saturated carbocycles. The molecule has 0 aliphatic rings. The molecule has 0 unspecified atom stereocenters. The van der Waals surface area contributed by atoms with Crippen molar-refractivity contribution in [2.45, 2.75) is 51.4 Å². The van der Waals surface area contributed by atoms with E-state index >= 15 is 0 Å². The van der Waals surface area contributed by atoms with Crippen LogP contribution in [0.5, 0.6) is 0 Å². The van der Waals surface area contributed by atoms with E-state index in [0.717, 1.165) is 18.1 Å². The van der Waals surface area contributed by atoms with E-state index in [1.54, 1.807) is 0 Å². The van der Waals surface area contributed by atoms with E-state index in [1.165, 1.54) is 0 Å². The second-order valence-electron chi connectivity index (χ2n) is 5.11. The minimum atomic E-state index is -2.09. The van der Waals surface area contributed by atoms with Gasteiger partial charge >= 0.3 is 0 Å². The fourth-order valence-corrected chi connectivity index (χ4v) is 5.88. The Labute approximate surface area is 117 Å². The van der Waals surface area contributed by atoms with Gasteiger partial charge in [0, 0.05) is 5.56 Å². The second-order valence-corrected chi connectivity index (χ2v) is 10.7. The molecule has 0 radical (unpaired) electrons. The molecule has 0 N–H and O–H groups in total. The zero-order chi connectivity index (χ0) is 15.5. The summed E-state index contributed by atoms with van der Waals surface area (Å²) in [5.41, 5.74) is -0.673. The predicted octanol–water partition coefficient (Wildman–Crippen LogP) is 5.43. The average Bonchev–Trinajstić information content (AvgIpc) is 2.47. The Hall–Kier alpha value is -0.913. The molecule has 0 amide bonds. The number of hydrogen-bond donors (Lipinski definition) is 0. The summed E-state index contributed by atoms with van der Waals surface area (Å²) in [6.07, 6.45) is -0.0898. The van der Waals surface area contributed by atoms with Gasteiger partial charge in [-0.1, -0.05) is 44.9 Å². The second kappa shape index (κ2) is 6.69. The normalized spacial score (nSPS) is 12.0. The molecule has 0 bridgehead atoms. The van der Waals surface area contributed by atoms with Crippen LogP contribution in [0.25, 0.3) is 0 Å². The maximum absolute atomic E-state index is 13.6. The summed E-state index contributed by atoms with van der Waals surface area (Å²) in [5, 5.41) is 0. The minimum absolute atomic E-state index is 0.0898. The summed E-state index contributed by atoms with van der Waals surface area (Å²) in [5.74, 6) is -9.17. The van der Waals surface area contributed by atoms with Crippen LogP contribution in [0.1, 0.15) is 26.3 Å². The molecule has 114 valence electrons. The lowest BCUT2D eigenvalue weighted by Crippen LogP contribution is -2.32. The summed E-state index contributed by atoms with van der Waals surface area (Å²) in [6.45, 7) is 6.08. The lowest BCUT2D eigenvalue weighted by Gasteiger charge is -2.28. The van der Waals surface area contributed by atoms with Crippen molar-refractivity contribution in [2.24, 2.45) is 0 Å². The molecule has 0 heterocycles. The van der Waals surface area contributed by atoms with Crippen molar-refractivity contribution in [1.82, 2.24) is 0 Å². The Morgan fingerprint density at radius 3 is 1.35 bits per heavy atom. The molecular formula is C14H19F5Si. The SMILES string of the molecule is CC[Si](CC)(CC)CCc1c(F)c(F)c(F)c(F)c1F. The third kappa shape index (κ3) is 3.05. The molecule has 1 aromatic rings. The van der Waals surface area contributed by atoms with Gasteiger partial charge in [0.15, 0.2) is 23.3 Å². The molecule has 6 heteroatoms. The van der Waals surface area contributed by atoms with Crippen molar-refractivity contribution in [3.8, 4) is 0 Å². The maximum Gasteiger partial charge on any atom is 0.200 e. The van der Waals surface area contributed by atoms with Crippen molar-refractivity contribution in [3.63, 3.8) is 0 Å². The smallest absolute Gasteiger partial charge is 0.200 e. The maximum atomic E-state index is 13.6. The molecule has 0 spiro atoms. The number of hydrogen-bond acceptors (Lipinski definition) is 0. The van der Waals surface area contributed by atoms with Crippen LogP contribution in [-0.2, 0) is 6.42 Å². The molecule has 0 aromatic heterocycles. The van der Waals surface area contributed by atoms with Gasteiger partial charge in [-0.15, -0.1) is 0 Å². The van der Waals surface area contributed by atoms with Gasteiger partial charge in [-0.25, -0.2) is 22.0 Å². The zero-order valence-corrected chi connectivity index (χ0v) is 12.9. The Morgan fingerprint density at radius 2 is 1.00 bits per heavy atom. The highest BCUT2D eigenvalue weighted by molar-refractivity contribution is 6.79. The Bertz CT molecular complexity index is 446. The van der Waals surface area contributed by atoms with E-state index in [4.69, 9.17) is 0 Å². The van der Waals surface area contributed by atoms with Gasteiger partial charge in [0.2, 0.25) is 5.82 Å². The third-order valence-corrected chi connectivity index (χ3v) is 10.3. The highest BCUT2D eigenvalue weighted by atomic mass is 28.3. The minimum Gasteiger partial charge on any atom is -0.203 e. The van der Waals surface area contributed by atoms with Gasteiger partial charge in [0.05, 0.1) is 8.07 Å². The first kappa shape index (κ1) is 17.1. The van der Waals surface area contributed by atoms with Gasteiger partial charge < -0.3 is 0 Å². The molecular weight excluding hydrogens is 291 g/mol. The van der Waals surface area contributed by atoms with Crippen LogP contribution in [0, 0.1) is 29.1 Å². The monoisotopic (exact) mass is 310 g/mol. The summed E-state index contributed by atoms with van der Waals surface area (Å²) in [7, 11) is -1.67. The first-order valence-electron chi connectivity index (χ1n) is 6.83. The standard InChI is InChI=1S/C14H19F5Si/c1-4-20(5-2,6-3)8-7-9-10(15)12(17)14(19)13(18)11(9)16/h4-8H2,1-3H3. The van der Waals surface area contributed by atoms with E-state index in [-0.39, 0.29) is 6.42 Å². The summed E-state index contributed by atoms with van der Waals surface area (Å²) >= 11 is 0. The van der Waals surface area contributed by atoms with E-state index in [2.05, 4.69) is 0 Å². The summed E-state index contributed by atoms with van der Waals surface area (Å²) in [4.78, 5) is 0. The Kier molecular flexibility index (Phi) is 5.74. The highest BCUT2D eigenvalue weighted by Crippen LogP contribution is 2.30. The highest BCUT2D eigenvalue weighted by Gasteiger charge is 2.30. The van der Waals surface area contributed by atoms with Crippen LogP contribution in [0.4, 0.5) is 22.0 Å². The molecule has 0 nitrogen and oxygen atoms in total. The topological polar surface area (TPSA) is 0 Å². The largest absolute Gasteiger partial charge is 0.203 e. The quantitative estimate of drug-likeness (QED) is 0.284. The van der Waals surface area contributed by atoms with Crippen molar-refractivity contribution in [2.75, 3.05) is 0 Å². The van der Waals surface area contributed by atoms with Gasteiger partial charge in [0.25, 0.3) is 0 Å². The molecule has 20 heavy (non-hydrogen) atoms. The molecule has 1 aromatic carbocycles. The van der Waals surface area contributed by atoms with Crippen molar-refractivity contribution in [3.05, 3.63) is 34.6 Å². The number of halogens is 5. The molecule has 0 aliphatic heterocycles. The Balaban J connectivity index is 3.11. The zero-order valence-electron chi connectivity index (χ0n) is 11.9. The lowest BCUT2D eigenvalue weighted by atomic mass is 10.1. The van der Waals surface area contributed by atoms with Crippen LogP contribution in [0.15, 0.2) is 0 Å². The van der Waals surface area contributed by atoms with Gasteiger partial charge in [-0.05, 0) is 6.42 Å². The van der Waals surface area contributed by atoms with Crippen LogP contribution < -0.4 is 0 Å². The summed E-state index contributed by atoms with van der Waals surface area (Å²) in [6, 6.07) is 3.36. The van der Waals surface area contributed by atoms with Gasteiger partial charge in [-0.2, -0.15) is 0 Å². The van der Waals surface area contributed by atoms with E-state index in [1.807, 2.05) is 20.8 Å². The lowest BCUT2D eigenvalue weighted by molar-refractivity contribution is 0.370. The molecule has 0 saturated heterocycles. The van der Waals surface area contributed by atoms with Gasteiger partial charge in [-0.3, -0.25) is 0 Å². The molecule has 0 atom stereocenters. The molecule has 0 fully saturated rings. The number of rotatable bonds is 6. The fraction of sp³-hybridized carbons (Fsp3) is 0.571. The van der Waals surface area contributed by atoms with E-state index in [9.17, 15) is 22.0 Å². The van der Waals surface area contributed by atoms with Gasteiger partial charge in [0.1, 0.15) is 0 Å². The third-order valence-electron chi connectivity index (χ3n) is 4.46. The Morgan fingerprint density at radius 1 is 0.650 bits per heavy atom. The van der Waals surface area contributed by atoms with E-state index in [0.29, 0.717) is 6.04 Å². The van der Waals surface area contributed by atoms with Crippen LogP contribution in [-0.4, -0.2) is 8.07 Å². The first-order chi connectivity index (χ1) is 9.33. The van der Waals surface area contributed by atoms with Crippen molar-refractivity contribution in [1.29, 1.82) is 0 Å². The van der Waals surface area contributed by atoms with Crippen LogP contribution in [0.3, 0.4) is 0 Å². The van der Waals surface area contributed by atoms with Crippen LogP contribution >= 0.6 is 0 Å². The van der Waals surface area contributed by atoms with E-state index < -0.39 is 42.7 Å². The number of benzene rings is 1. The summed E-state index contributed by atoms with van der Waals surface area (Å²) < 4.78 is 66.4. The van der Waals surface area contributed by atoms with Crippen molar-refractivity contribution >= 4 is 8.07 Å². The van der Waals surface area contributed by atoms with Crippen molar-refractivity contribution < 1.29 is 22.0 Å². The van der Waals surface area contributed by atoms with Crippen LogP contribution in [0.2, 0.25) is 24.2 Å². The molecule has 0 aliphatic carbocycles. The molecule has 1 rings (SSSR count). The fourth-order valence-electron chi connectivity index (χ4n) is 2.54. The average molecular weight is 310 g/mol. The predicted molar refractivity (Wildman–Crippen MR) is 71.9 cm³/mol.